The molecule has 1 saturated heterocycles. The van der Waals surface area contributed by atoms with Crippen molar-refractivity contribution < 1.29 is 4.74 Å². The third kappa shape index (κ3) is 3.85. The summed E-state index contributed by atoms with van der Waals surface area (Å²) in [5.41, 5.74) is 1.38. The second-order valence-electron chi connectivity index (χ2n) is 5.24. The standard InChI is InChI=1S/C15H26N2O/c1-3-16-13(2)14-8-10-17(12-14)9-4-6-15-7-5-11-18-15/h8,10,12-13,15-16H,3-7,9,11H2,1-2H3. The Bertz CT molecular complexity index is 342. The molecule has 2 atom stereocenters. The molecule has 3 heteroatoms. The third-order valence-electron chi connectivity index (χ3n) is 3.75. The Kier molecular flexibility index (Phi) is 5.26. The molecule has 1 aliphatic rings. The summed E-state index contributed by atoms with van der Waals surface area (Å²) >= 11 is 0. The molecule has 1 aromatic rings. The SMILES string of the molecule is CCNC(C)c1ccn(CCCC2CCCO2)c1. The van der Waals surface area contributed by atoms with Crippen LogP contribution in [0.4, 0.5) is 0 Å². The van der Waals surface area contributed by atoms with Gasteiger partial charge in [-0.2, -0.15) is 0 Å². The van der Waals surface area contributed by atoms with Crippen molar-refractivity contribution in [3.63, 3.8) is 0 Å². The van der Waals surface area contributed by atoms with Gasteiger partial charge in [0.1, 0.15) is 0 Å². The Morgan fingerprint density at radius 2 is 2.44 bits per heavy atom. The lowest BCUT2D eigenvalue weighted by atomic mass is 10.1. The van der Waals surface area contributed by atoms with E-state index in [0.29, 0.717) is 12.1 Å². The Morgan fingerprint density at radius 1 is 1.56 bits per heavy atom. The van der Waals surface area contributed by atoms with Crippen molar-refractivity contribution >= 4 is 0 Å². The molecule has 3 nitrogen and oxygen atoms in total. The van der Waals surface area contributed by atoms with Crippen molar-refractivity contribution in [2.45, 2.75) is 58.2 Å². The molecule has 102 valence electrons. The molecule has 2 unspecified atom stereocenters. The second-order valence-corrected chi connectivity index (χ2v) is 5.24. The Balaban J connectivity index is 1.72. The first-order valence-corrected chi connectivity index (χ1v) is 7.30. The molecule has 2 heterocycles. The van der Waals surface area contributed by atoms with Crippen LogP contribution in [0.3, 0.4) is 0 Å². The Labute approximate surface area is 111 Å². The first kappa shape index (κ1) is 13.6. The van der Waals surface area contributed by atoms with Gasteiger partial charge in [-0.1, -0.05) is 6.92 Å². The molecule has 0 spiro atoms. The van der Waals surface area contributed by atoms with Gasteiger partial charge in [-0.05, 0) is 50.8 Å². The van der Waals surface area contributed by atoms with E-state index < -0.39 is 0 Å². The monoisotopic (exact) mass is 250 g/mol. The molecule has 1 aromatic heterocycles. The highest BCUT2D eigenvalue weighted by molar-refractivity contribution is 5.14. The summed E-state index contributed by atoms with van der Waals surface area (Å²) in [5, 5.41) is 3.44. The summed E-state index contributed by atoms with van der Waals surface area (Å²) in [6.07, 6.45) is 9.92. The molecule has 0 aromatic carbocycles. The van der Waals surface area contributed by atoms with Crippen molar-refractivity contribution in [2.75, 3.05) is 13.2 Å². The fourth-order valence-electron chi connectivity index (χ4n) is 2.65. The number of rotatable bonds is 7. The fraction of sp³-hybridized carbons (Fsp3) is 0.733. The lowest BCUT2D eigenvalue weighted by Gasteiger charge is -2.11. The number of hydrogen-bond acceptors (Lipinski definition) is 2. The minimum absolute atomic E-state index is 0.453. The average molecular weight is 250 g/mol. The predicted molar refractivity (Wildman–Crippen MR) is 74.7 cm³/mol. The number of aromatic nitrogens is 1. The van der Waals surface area contributed by atoms with Gasteiger partial charge >= 0.3 is 0 Å². The summed E-state index contributed by atoms with van der Waals surface area (Å²) < 4.78 is 7.95. The van der Waals surface area contributed by atoms with Crippen molar-refractivity contribution in [1.82, 2.24) is 9.88 Å². The third-order valence-corrected chi connectivity index (χ3v) is 3.75. The highest BCUT2D eigenvalue weighted by Crippen LogP contribution is 2.18. The van der Waals surface area contributed by atoms with Crippen LogP contribution in [0, 0.1) is 0 Å². The molecule has 1 fully saturated rings. The van der Waals surface area contributed by atoms with Gasteiger partial charge in [-0.25, -0.2) is 0 Å². The number of nitrogens with zero attached hydrogens (tertiary/aromatic N) is 1. The zero-order valence-corrected chi connectivity index (χ0v) is 11.7. The highest BCUT2D eigenvalue weighted by Gasteiger charge is 2.14. The van der Waals surface area contributed by atoms with Gasteiger partial charge < -0.3 is 14.6 Å². The van der Waals surface area contributed by atoms with Gasteiger partial charge in [0.15, 0.2) is 0 Å². The second kappa shape index (κ2) is 6.95. The van der Waals surface area contributed by atoms with Gasteiger partial charge in [-0.15, -0.1) is 0 Å². The number of aryl methyl sites for hydroxylation is 1. The predicted octanol–water partition coefficient (Wildman–Crippen LogP) is 3.12. The van der Waals surface area contributed by atoms with Crippen molar-refractivity contribution in [2.24, 2.45) is 0 Å². The van der Waals surface area contributed by atoms with Crippen molar-refractivity contribution in [3.8, 4) is 0 Å². The summed E-state index contributed by atoms with van der Waals surface area (Å²) in [5.74, 6) is 0. The molecule has 0 bridgehead atoms. The molecular weight excluding hydrogens is 224 g/mol. The van der Waals surface area contributed by atoms with Gasteiger partial charge in [0.05, 0.1) is 6.10 Å². The van der Waals surface area contributed by atoms with E-state index >= 15 is 0 Å². The number of ether oxygens (including phenoxy) is 1. The molecule has 0 amide bonds. The van der Waals surface area contributed by atoms with Crippen molar-refractivity contribution in [1.29, 1.82) is 0 Å². The zero-order chi connectivity index (χ0) is 12.8. The Hall–Kier alpha value is -0.800. The molecule has 1 aliphatic heterocycles. The fourth-order valence-corrected chi connectivity index (χ4v) is 2.65. The molecule has 0 radical (unpaired) electrons. The van der Waals surface area contributed by atoms with E-state index in [9.17, 15) is 0 Å². The summed E-state index contributed by atoms with van der Waals surface area (Å²) in [6, 6.07) is 2.67. The molecule has 2 rings (SSSR count). The molecular formula is C15H26N2O. The first-order chi connectivity index (χ1) is 8.79. The van der Waals surface area contributed by atoms with Gasteiger partial charge in [-0.3, -0.25) is 0 Å². The van der Waals surface area contributed by atoms with Crippen LogP contribution in [0.2, 0.25) is 0 Å². The van der Waals surface area contributed by atoms with Gasteiger partial charge in [0, 0.05) is 31.6 Å². The molecule has 0 aliphatic carbocycles. The topological polar surface area (TPSA) is 26.2 Å². The number of hydrogen-bond donors (Lipinski definition) is 1. The van der Waals surface area contributed by atoms with Crippen LogP contribution >= 0.6 is 0 Å². The van der Waals surface area contributed by atoms with E-state index in [4.69, 9.17) is 4.74 Å². The van der Waals surface area contributed by atoms with Crippen LogP contribution in [0.1, 0.15) is 51.1 Å². The Morgan fingerprint density at radius 3 is 3.17 bits per heavy atom. The lowest BCUT2D eigenvalue weighted by molar-refractivity contribution is 0.101. The largest absolute Gasteiger partial charge is 0.378 e. The van der Waals surface area contributed by atoms with E-state index in [1.165, 1.54) is 31.2 Å². The highest BCUT2D eigenvalue weighted by atomic mass is 16.5. The summed E-state index contributed by atoms with van der Waals surface area (Å²) in [4.78, 5) is 0. The zero-order valence-electron chi connectivity index (χ0n) is 11.7. The van der Waals surface area contributed by atoms with Crippen LogP contribution in [0.25, 0.3) is 0 Å². The summed E-state index contributed by atoms with van der Waals surface area (Å²) in [6.45, 7) is 7.47. The smallest absolute Gasteiger partial charge is 0.0576 e. The lowest BCUT2D eigenvalue weighted by Crippen LogP contribution is -2.17. The van der Waals surface area contributed by atoms with Gasteiger partial charge in [0.25, 0.3) is 0 Å². The molecule has 1 N–H and O–H groups in total. The maximum atomic E-state index is 5.65. The van der Waals surface area contributed by atoms with Gasteiger partial charge in [0.2, 0.25) is 0 Å². The van der Waals surface area contributed by atoms with E-state index in [0.717, 1.165) is 19.7 Å². The minimum Gasteiger partial charge on any atom is -0.378 e. The van der Waals surface area contributed by atoms with Crippen LogP contribution in [-0.4, -0.2) is 23.8 Å². The van der Waals surface area contributed by atoms with E-state index in [1.54, 1.807) is 0 Å². The quantitative estimate of drug-likeness (QED) is 0.804. The normalized spacial score (nSPS) is 21.3. The molecule has 18 heavy (non-hydrogen) atoms. The van der Waals surface area contributed by atoms with Crippen molar-refractivity contribution in [3.05, 3.63) is 24.0 Å². The molecule has 0 saturated carbocycles. The number of nitrogens with one attached hydrogen (secondary N) is 1. The van der Waals surface area contributed by atoms with Crippen LogP contribution in [0.5, 0.6) is 0 Å². The maximum absolute atomic E-state index is 5.65. The summed E-state index contributed by atoms with van der Waals surface area (Å²) in [7, 11) is 0. The minimum atomic E-state index is 0.453. The van der Waals surface area contributed by atoms with Crippen LogP contribution < -0.4 is 5.32 Å². The van der Waals surface area contributed by atoms with E-state index in [-0.39, 0.29) is 0 Å². The van der Waals surface area contributed by atoms with E-state index in [1.807, 2.05) is 0 Å². The first-order valence-electron chi connectivity index (χ1n) is 7.30. The van der Waals surface area contributed by atoms with E-state index in [2.05, 4.69) is 42.2 Å². The van der Waals surface area contributed by atoms with Crippen LogP contribution in [-0.2, 0) is 11.3 Å². The maximum Gasteiger partial charge on any atom is 0.0576 e. The van der Waals surface area contributed by atoms with Crippen LogP contribution in [0.15, 0.2) is 18.5 Å². The average Bonchev–Trinajstić information content (AvgIpc) is 3.00.